The van der Waals surface area contributed by atoms with Gasteiger partial charge >= 0.3 is 0 Å². The van der Waals surface area contributed by atoms with E-state index in [0.29, 0.717) is 22.5 Å². The maximum atomic E-state index is 13.7. The number of fused-ring (bicyclic) bond motifs is 2. The number of nitrogens with one attached hydrogen (secondary N) is 1. The van der Waals surface area contributed by atoms with Crippen LogP contribution in [0, 0.1) is 0 Å². The second-order valence-electron chi connectivity index (χ2n) is 8.45. The van der Waals surface area contributed by atoms with Crippen LogP contribution >= 0.6 is 23.5 Å². The number of hydrogen-bond donors (Lipinski definition) is 1. The summed E-state index contributed by atoms with van der Waals surface area (Å²) in [7, 11) is 0. The summed E-state index contributed by atoms with van der Waals surface area (Å²) in [5.74, 6) is -0.600. The van der Waals surface area contributed by atoms with Crippen molar-refractivity contribution >= 4 is 52.6 Å². The topological polar surface area (TPSA) is 69.7 Å². The van der Waals surface area contributed by atoms with E-state index in [2.05, 4.69) is 5.32 Å². The van der Waals surface area contributed by atoms with Crippen LogP contribution in [-0.4, -0.2) is 48.5 Å². The molecule has 0 spiro atoms. The van der Waals surface area contributed by atoms with Crippen molar-refractivity contribution < 1.29 is 14.4 Å². The Labute approximate surface area is 213 Å². The van der Waals surface area contributed by atoms with E-state index in [-0.39, 0.29) is 24.3 Å². The zero-order valence-corrected chi connectivity index (χ0v) is 21.0. The first-order chi connectivity index (χ1) is 17.0. The van der Waals surface area contributed by atoms with Crippen molar-refractivity contribution in [3.8, 4) is 0 Å². The highest BCUT2D eigenvalue weighted by atomic mass is 32.2. The maximum Gasteiger partial charge on any atom is 0.259 e. The molecular weight excluding hydrogens is 478 g/mol. The van der Waals surface area contributed by atoms with Gasteiger partial charge in [0.25, 0.3) is 11.8 Å². The number of likely N-dealkylation sites (tertiary alicyclic amines) is 1. The smallest absolute Gasteiger partial charge is 0.259 e. The minimum absolute atomic E-state index is 0.0391. The van der Waals surface area contributed by atoms with E-state index in [0.717, 1.165) is 40.6 Å². The number of nitrogens with zero attached hydrogens (tertiary/aromatic N) is 2. The third-order valence-corrected chi connectivity index (χ3v) is 7.99. The van der Waals surface area contributed by atoms with Crippen molar-refractivity contribution in [1.82, 2.24) is 4.90 Å². The van der Waals surface area contributed by atoms with Crippen molar-refractivity contribution in [3.63, 3.8) is 0 Å². The molecule has 1 fully saturated rings. The molecule has 178 valence electrons. The fraction of sp³-hybridized carbons (Fsp3) is 0.222. The molecule has 35 heavy (non-hydrogen) atoms. The molecule has 0 bridgehead atoms. The molecule has 3 amide bonds. The molecular formula is C27H25N3O3S2. The highest BCUT2D eigenvalue weighted by Crippen LogP contribution is 2.42. The minimum Gasteiger partial charge on any atom is -0.339 e. The lowest BCUT2D eigenvalue weighted by Crippen LogP contribution is -2.38. The zero-order chi connectivity index (χ0) is 24.4. The van der Waals surface area contributed by atoms with Gasteiger partial charge in [0.1, 0.15) is 6.54 Å². The quantitative estimate of drug-likeness (QED) is 0.473. The third-order valence-electron chi connectivity index (χ3n) is 6.13. The number of anilines is 2. The van der Waals surface area contributed by atoms with Gasteiger partial charge in [-0.15, -0.1) is 11.8 Å². The van der Waals surface area contributed by atoms with E-state index in [4.69, 9.17) is 0 Å². The molecule has 5 rings (SSSR count). The largest absolute Gasteiger partial charge is 0.339 e. The van der Waals surface area contributed by atoms with E-state index in [9.17, 15) is 14.4 Å². The first-order valence-electron chi connectivity index (χ1n) is 11.5. The van der Waals surface area contributed by atoms with Crippen LogP contribution in [-0.2, 0) is 4.79 Å². The van der Waals surface area contributed by atoms with Crippen LogP contribution in [0.25, 0.3) is 0 Å². The zero-order valence-electron chi connectivity index (χ0n) is 19.3. The standard InChI is InChI=1S/C27H25N3O3S2/c1-34-20-8-6-7-19(16-20)28-25(31)17-30-22-15-18(26(32)29-13-4-5-14-29)11-12-24(22)35-23-10-3-2-9-21(23)27(30)33/h2-3,6-12,15-16H,4-5,13-14,17H2,1H3,(H,28,31). The number of amides is 3. The predicted octanol–water partition coefficient (Wildman–Crippen LogP) is 5.39. The van der Waals surface area contributed by atoms with Crippen LogP contribution in [0.5, 0.6) is 0 Å². The lowest BCUT2D eigenvalue weighted by molar-refractivity contribution is -0.114. The minimum atomic E-state index is -0.303. The molecule has 1 N–H and O–H groups in total. The second-order valence-corrected chi connectivity index (χ2v) is 10.4. The summed E-state index contributed by atoms with van der Waals surface area (Å²) in [5.41, 5.74) is 2.33. The lowest BCUT2D eigenvalue weighted by atomic mass is 10.1. The van der Waals surface area contributed by atoms with Crippen LogP contribution in [0.1, 0.15) is 33.6 Å². The first kappa shape index (κ1) is 23.5. The number of thioether (sulfide) groups is 1. The van der Waals surface area contributed by atoms with Crippen LogP contribution in [0.4, 0.5) is 11.4 Å². The molecule has 0 aliphatic carbocycles. The van der Waals surface area contributed by atoms with Crippen molar-refractivity contribution in [2.75, 3.05) is 36.1 Å². The fourth-order valence-electron chi connectivity index (χ4n) is 4.36. The molecule has 3 aromatic carbocycles. The molecule has 2 heterocycles. The maximum absolute atomic E-state index is 13.7. The summed E-state index contributed by atoms with van der Waals surface area (Å²) >= 11 is 3.07. The average molecular weight is 504 g/mol. The summed E-state index contributed by atoms with van der Waals surface area (Å²) < 4.78 is 0. The van der Waals surface area contributed by atoms with Gasteiger partial charge in [-0.1, -0.05) is 30.0 Å². The van der Waals surface area contributed by atoms with E-state index in [1.54, 1.807) is 23.9 Å². The van der Waals surface area contributed by atoms with Gasteiger partial charge in [0.15, 0.2) is 0 Å². The van der Waals surface area contributed by atoms with Crippen molar-refractivity contribution in [2.24, 2.45) is 0 Å². The Morgan fingerprint density at radius 2 is 1.77 bits per heavy atom. The van der Waals surface area contributed by atoms with Gasteiger partial charge < -0.3 is 10.2 Å². The molecule has 0 unspecified atom stereocenters. The molecule has 8 heteroatoms. The lowest BCUT2D eigenvalue weighted by Gasteiger charge is -2.24. The summed E-state index contributed by atoms with van der Waals surface area (Å²) in [6, 6.07) is 20.4. The molecule has 0 saturated carbocycles. The van der Waals surface area contributed by atoms with Gasteiger partial charge in [-0.3, -0.25) is 19.3 Å². The highest BCUT2D eigenvalue weighted by molar-refractivity contribution is 7.99. The fourth-order valence-corrected chi connectivity index (χ4v) is 5.88. The molecule has 0 atom stereocenters. The average Bonchev–Trinajstić information content (AvgIpc) is 3.39. The van der Waals surface area contributed by atoms with E-state index < -0.39 is 0 Å². The Hall–Kier alpha value is -3.23. The summed E-state index contributed by atoms with van der Waals surface area (Å²) in [6.45, 7) is 1.33. The van der Waals surface area contributed by atoms with Crippen molar-refractivity contribution in [1.29, 1.82) is 0 Å². The van der Waals surface area contributed by atoms with Crippen LogP contribution in [0.15, 0.2) is 81.4 Å². The van der Waals surface area contributed by atoms with E-state index in [1.807, 2.05) is 65.8 Å². The van der Waals surface area contributed by atoms with Gasteiger partial charge in [-0.2, -0.15) is 0 Å². The monoisotopic (exact) mass is 503 g/mol. The second kappa shape index (κ2) is 10.2. The number of carbonyl (C=O) groups excluding carboxylic acids is 3. The Morgan fingerprint density at radius 1 is 0.971 bits per heavy atom. The first-order valence-corrected chi connectivity index (χ1v) is 13.5. The van der Waals surface area contributed by atoms with Gasteiger partial charge in [-0.05, 0) is 67.6 Å². The number of hydrogen-bond acceptors (Lipinski definition) is 5. The number of carbonyl (C=O) groups is 3. The van der Waals surface area contributed by atoms with Gasteiger partial charge in [-0.25, -0.2) is 0 Å². The Balaban J connectivity index is 1.49. The van der Waals surface area contributed by atoms with Gasteiger partial charge in [0.05, 0.1) is 11.3 Å². The number of benzene rings is 3. The molecule has 0 radical (unpaired) electrons. The van der Waals surface area contributed by atoms with Crippen LogP contribution in [0.3, 0.4) is 0 Å². The summed E-state index contributed by atoms with van der Waals surface area (Å²) in [4.78, 5) is 45.9. The molecule has 0 aromatic heterocycles. The Morgan fingerprint density at radius 3 is 2.57 bits per heavy atom. The van der Waals surface area contributed by atoms with E-state index >= 15 is 0 Å². The molecule has 6 nitrogen and oxygen atoms in total. The van der Waals surface area contributed by atoms with Crippen LogP contribution in [0.2, 0.25) is 0 Å². The predicted molar refractivity (Wildman–Crippen MR) is 141 cm³/mol. The van der Waals surface area contributed by atoms with Crippen molar-refractivity contribution in [3.05, 3.63) is 77.9 Å². The van der Waals surface area contributed by atoms with E-state index in [1.165, 1.54) is 16.7 Å². The van der Waals surface area contributed by atoms with Crippen molar-refractivity contribution in [2.45, 2.75) is 27.5 Å². The Bertz CT molecular complexity index is 1300. The number of rotatable bonds is 5. The Kier molecular flexibility index (Phi) is 6.83. The van der Waals surface area contributed by atoms with Gasteiger partial charge in [0, 0.05) is 39.0 Å². The third kappa shape index (κ3) is 4.94. The van der Waals surface area contributed by atoms with Crippen LogP contribution < -0.4 is 10.2 Å². The van der Waals surface area contributed by atoms with Gasteiger partial charge in [0.2, 0.25) is 5.91 Å². The normalized spacial score (nSPS) is 14.8. The molecule has 1 saturated heterocycles. The molecule has 2 aliphatic heterocycles. The summed E-state index contributed by atoms with van der Waals surface area (Å²) in [6.07, 6.45) is 3.98. The summed E-state index contributed by atoms with van der Waals surface area (Å²) in [5, 5.41) is 2.91. The highest BCUT2D eigenvalue weighted by Gasteiger charge is 2.30. The molecule has 3 aromatic rings. The molecule has 2 aliphatic rings. The SMILES string of the molecule is CSc1cccc(NC(=O)CN2C(=O)c3ccccc3Sc3ccc(C(=O)N4CCCC4)cc32)c1.